The van der Waals surface area contributed by atoms with Crippen LogP contribution in [0.2, 0.25) is 0 Å². The molecule has 6 atom stereocenters. The SMILES string of the molecule is Cc1cc(O[C@H]2O[C@@H](C)[C@H](O)[C@@H](O)[C@H]2O)c2c3c(c(O)cc2c1)C(=O)c1c(O)cccc1[C@@H]3O. The Balaban J connectivity index is 1.72. The quantitative estimate of drug-likeness (QED) is 0.327. The molecule has 6 N–H and O–H groups in total. The number of rotatable bonds is 2. The minimum Gasteiger partial charge on any atom is -0.507 e. The van der Waals surface area contributed by atoms with Crippen molar-refractivity contribution in [3.05, 3.63) is 64.2 Å². The van der Waals surface area contributed by atoms with Crippen LogP contribution in [0.3, 0.4) is 0 Å². The average Bonchev–Trinajstić information content (AvgIpc) is 2.78. The molecule has 0 radical (unpaired) electrons. The number of aromatic hydroxyl groups is 2. The van der Waals surface area contributed by atoms with Crippen molar-refractivity contribution in [2.24, 2.45) is 0 Å². The van der Waals surface area contributed by atoms with Gasteiger partial charge < -0.3 is 40.1 Å². The van der Waals surface area contributed by atoms with Crippen molar-refractivity contribution in [2.75, 3.05) is 0 Å². The summed E-state index contributed by atoms with van der Waals surface area (Å²) in [5, 5.41) is 63.6. The van der Waals surface area contributed by atoms with Crippen LogP contribution in [-0.2, 0) is 4.74 Å². The zero-order valence-corrected chi connectivity index (χ0v) is 18.3. The molecule has 0 unspecified atom stereocenters. The number of carbonyl (C=O) groups excluding carboxylic acids is 1. The zero-order chi connectivity index (χ0) is 24.5. The van der Waals surface area contributed by atoms with Crippen LogP contribution in [0.1, 0.15) is 45.6 Å². The third-order valence-electron chi connectivity index (χ3n) is 6.51. The monoisotopic (exact) mass is 468 g/mol. The second kappa shape index (κ2) is 7.93. The summed E-state index contributed by atoms with van der Waals surface area (Å²) in [5.74, 6) is -1.19. The summed E-state index contributed by atoms with van der Waals surface area (Å²) >= 11 is 0. The number of phenols is 2. The summed E-state index contributed by atoms with van der Waals surface area (Å²) in [6, 6.07) is 9.06. The van der Waals surface area contributed by atoms with Crippen molar-refractivity contribution < 1.29 is 44.9 Å². The molecule has 1 saturated heterocycles. The Bertz CT molecular complexity index is 1320. The fourth-order valence-electron chi connectivity index (χ4n) is 4.82. The number of aryl methyl sites for hydroxylation is 1. The molecule has 9 nitrogen and oxygen atoms in total. The number of carbonyl (C=O) groups is 1. The lowest BCUT2D eigenvalue weighted by Gasteiger charge is -2.39. The molecule has 0 amide bonds. The smallest absolute Gasteiger partial charge is 0.229 e. The predicted octanol–water partition coefficient (Wildman–Crippen LogP) is 1.39. The summed E-state index contributed by atoms with van der Waals surface area (Å²) in [5.41, 5.74) is 0.722. The van der Waals surface area contributed by atoms with Gasteiger partial charge in [0.2, 0.25) is 12.1 Å². The van der Waals surface area contributed by atoms with E-state index in [-0.39, 0.29) is 39.5 Å². The van der Waals surface area contributed by atoms with Gasteiger partial charge in [-0.3, -0.25) is 4.79 Å². The van der Waals surface area contributed by atoms with E-state index >= 15 is 0 Å². The molecule has 0 spiro atoms. The topological polar surface area (TPSA) is 157 Å². The van der Waals surface area contributed by atoms with Crippen molar-refractivity contribution in [1.82, 2.24) is 0 Å². The molecule has 0 bridgehead atoms. The Morgan fingerprint density at radius 3 is 2.38 bits per heavy atom. The van der Waals surface area contributed by atoms with Gasteiger partial charge in [0.25, 0.3) is 0 Å². The molecule has 5 rings (SSSR count). The van der Waals surface area contributed by atoms with Gasteiger partial charge in [-0.25, -0.2) is 0 Å². The van der Waals surface area contributed by atoms with E-state index in [2.05, 4.69) is 0 Å². The summed E-state index contributed by atoms with van der Waals surface area (Å²) in [6.45, 7) is 3.30. The van der Waals surface area contributed by atoms with E-state index in [4.69, 9.17) is 9.47 Å². The molecule has 2 aliphatic rings. The van der Waals surface area contributed by atoms with Gasteiger partial charge in [0.05, 0.1) is 17.2 Å². The molecule has 1 aliphatic carbocycles. The maximum atomic E-state index is 13.3. The van der Waals surface area contributed by atoms with Crippen LogP contribution in [0.25, 0.3) is 10.8 Å². The fourth-order valence-corrected chi connectivity index (χ4v) is 4.82. The molecular weight excluding hydrogens is 444 g/mol. The van der Waals surface area contributed by atoms with E-state index in [1.165, 1.54) is 31.2 Å². The first kappa shape index (κ1) is 22.6. The number of phenolic OH excluding ortho intramolecular Hbond substituents is 2. The molecule has 0 saturated carbocycles. The largest absolute Gasteiger partial charge is 0.507 e. The van der Waals surface area contributed by atoms with Crippen LogP contribution < -0.4 is 4.74 Å². The van der Waals surface area contributed by atoms with Gasteiger partial charge in [-0.15, -0.1) is 0 Å². The standard InChI is InChI=1S/C25H24O9/c1-9-6-11-8-14(27)18-19(21(29)12-4-3-5-13(26)17(12)22(18)30)16(11)15(7-9)34-25-24(32)23(31)20(28)10(2)33-25/h3-8,10,20-21,23-29,31-32H,1-2H3/t10-,20-,21-,23+,24+,25+/m0/s1. The van der Waals surface area contributed by atoms with Crippen LogP contribution in [0.4, 0.5) is 0 Å². The number of aliphatic hydroxyl groups is 4. The number of benzene rings is 3. The highest BCUT2D eigenvalue weighted by Gasteiger charge is 2.44. The Kier molecular flexibility index (Phi) is 5.27. The zero-order valence-electron chi connectivity index (χ0n) is 18.3. The van der Waals surface area contributed by atoms with Crippen LogP contribution >= 0.6 is 0 Å². The highest BCUT2D eigenvalue weighted by atomic mass is 16.7. The number of hydrogen-bond acceptors (Lipinski definition) is 9. The van der Waals surface area contributed by atoms with Crippen molar-refractivity contribution in [3.63, 3.8) is 0 Å². The van der Waals surface area contributed by atoms with Crippen LogP contribution in [0, 0.1) is 6.92 Å². The third kappa shape index (κ3) is 3.24. The van der Waals surface area contributed by atoms with Crippen molar-refractivity contribution >= 4 is 16.6 Å². The van der Waals surface area contributed by atoms with Gasteiger partial charge in [-0.1, -0.05) is 18.2 Å². The van der Waals surface area contributed by atoms with Gasteiger partial charge in [-0.05, 0) is 48.6 Å². The summed E-state index contributed by atoms with van der Waals surface area (Å²) in [4.78, 5) is 13.3. The van der Waals surface area contributed by atoms with Gasteiger partial charge in [0.1, 0.15) is 41.7 Å². The van der Waals surface area contributed by atoms with Crippen molar-refractivity contribution in [3.8, 4) is 17.2 Å². The average molecular weight is 468 g/mol. The Labute approximate surface area is 194 Å². The van der Waals surface area contributed by atoms with E-state index in [0.717, 1.165) is 5.56 Å². The second-order valence-corrected chi connectivity index (χ2v) is 8.82. The Morgan fingerprint density at radius 1 is 0.912 bits per heavy atom. The fraction of sp³-hybridized carbons (Fsp3) is 0.320. The third-order valence-corrected chi connectivity index (χ3v) is 6.51. The van der Waals surface area contributed by atoms with Gasteiger partial charge in [0, 0.05) is 10.9 Å². The van der Waals surface area contributed by atoms with E-state index in [0.29, 0.717) is 10.8 Å². The molecule has 0 aromatic heterocycles. The molecule has 1 aliphatic heterocycles. The summed E-state index contributed by atoms with van der Waals surface area (Å²) < 4.78 is 11.5. The van der Waals surface area contributed by atoms with E-state index in [9.17, 15) is 35.4 Å². The van der Waals surface area contributed by atoms with Crippen LogP contribution in [0.5, 0.6) is 17.2 Å². The number of aliphatic hydroxyl groups excluding tert-OH is 4. The van der Waals surface area contributed by atoms with Gasteiger partial charge >= 0.3 is 0 Å². The number of ketones is 1. The van der Waals surface area contributed by atoms with Crippen LogP contribution in [-0.4, -0.2) is 67.1 Å². The lowest BCUT2D eigenvalue weighted by Crippen LogP contribution is -2.58. The number of fused-ring (bicyclic) bond motifs is 4. The number of ether oxygens (including phenoxy) is 2. The van der Waals surface area contributed by atoms with E-state index in [1.807, 2.05) is 0 Å². The summed E-state index contributed by atoms with van der Waals surface area (Å²) in [6.07, 6.45) is -7.95. The van der Waals surface area contributed by atoms with Gasteiger partial charge in [0.15, 0.2) is 0 Å². The lowest BCUT2D eigenvalue weighted by molar-refractivity contribution is -0.267. The second-order valence-electron chi connectivity index (χ2n) is 8.82. The maximum Gasteiger partial charge on any atom is 0.229 e. The molecule has 9 heteroatoms. The molecule has 1 fully saturated rings. The van der Waals surface area contributed by atoms with Crippen LogP contribution in [0.15, 0.2) is 36.4 Å². The Hall–Kier alpha value is -3.21. The summed E-state index contributed by atoms with van der Waals surface area (Å²) in [7, 11) is 0. The molecule has 34 heavy (non-hydrogen) atoms. The molecule has 3 aromatic carbocycles. The van der Waals surface area contributed by atoms with E-state index in [1.54, 1.807) is 19.1 Å². The first-order valence-electron chi connectivity index (χ1n) is 10.8. The minimum atomic E-state index is -1.57. The molecule has 1 heterocycles. The lowest BCUT2D eigenvalue weighted by atomic mass is 9.79. The molecule has 178 valence electrons. The predicted molar refractivity (Wildman–Crippen MR) is 119 cm³/mol. The first-order valence-corrected chi connectivity index (χ1v) is 10.8. The van der Waals surface area contributed by atoms with Crippen molar-refractivity contribution in [1.29, 1.82) is 0 Å². The molecular formula is C25H24O9. The Morgan fingerprint density at radius 2 is 1.65 bits per heavy atom. The minimum absolute atomic E-state index is 0.0898. The highest BCUT2D eigenvalue weighted by Crippen LogP contribution is 2.48. The maximum absolute atomic E-state index is 13.3. The molecule has 3 aromatic rings. The van der Waals surface area contributed by atoms with Gasteiger partial charge in [-0.2, -0.15) is 0 Å². The normalized spacial score (nSPS) is 28.5. The van der Waals surface area contributed by atoms with E-state index < -0.39 is 42.6 Å². The number of hydrogen-bond donors (Lipinski definition) is 6. The first-order chi connectivity index (χ1) is 16.1. The van der Waals surface area contributed by atoms with Crippen molar-refractivity contribution in [2.45, 2.75) is 50.7 Å². The highest BCUT2D eigenvalue weighted by molar-refractivity contribution is 6.18.